The molecule has 0 unspecified atom stereocenters. The Kier molecular flexibility index (Phi) is 9.00. The minimum atomic E-state index is -0.572. The minimum Gasteiger partial charge on any atom is -0.481 e. The molecule has 30 heavy (non-hydrogen) atoms. The second-order valence-corrected chi connectivity index (χ2v) is 11.2. The normalized spacial score (nSPS) is 15.4. The van der Waals surface area contributed by atoms with E-state index in [2.05, 4.69) is 47.6 Å². The number of unbranched alkanes of at least 4 members (excludes halogenated alkanes) is 5. The van der Waals surface area contributed by atoms with Gasteiger partial charge >= 0.3 is 5.97 Å². The van der Waals surface area contributed by atoms with Gasteiger partial charge in [0.05, 0.1) is 5.41 Å². The molecule has 1 aromatic carbocycles. The average molecular weight is 415 g/mol. The van der Waals surface area contributed by atoms with Gasteiger partial charge in [-0.15, -0.1) is 0 Å². The lowest BCUT2D eigenvalue weighted by atomic mass is 9.87. The standard InChI is InChI=1S/C28H46O2/c1-21-20-24(14-10-7-8-12-16-27(4,5)6)25(23(3)22(21)2)15-11-9-13-17-28(18-19-28)26(29)30/h20H,7-19H2,1-6H3,(H,29,30). The molecule has 1 aliphatic carbocycles. The molecule has 2 heteroatoms. The van der Waals surface area contributed by atoms with Crippen LogP contribution in [0, 0.1) is 31.6 Å². The lowest BCUT2D eigenvalue weighted by Gasteiger charge is -2.19. The van der Waals surface area contributed by atoms with Crippen molar-refractivity contribution < 1.29 is 9.90 Å². The summed E-state index contributed by atoms with van der Waals surface area (Å²) in [5.74, 6) is -0.572. The van der Waals surface area contributed by atoms with Gasteiger partial charge < -0.3 is 5.11 Å². The number of carboxylic acids is 1. The van der Waals surface area contributed by atoms with Gasteiger partial charge in [0, 0.05) is 0 Å². The molecule has 1 saturated carbocycles. The van der Waals surface area contributed by atoms with Crippen LogP contribution in [-0.2, 0) is 17.6 Å². The molecule has 0 aliphatic heterocycles. The van der Waals surface area contributed by atoms with Crippen LogP contribution in [0.2, 0.25) is 0 Å². The SMILES string of the molecule is Cc1cc(CCCCCCC(C)(C)C)c(CCCCCC2(C(=O)O)CC2)c(C)c1C. The van der Waals surface area contributed by atoms with Crippen LogP contribution in [0.15, 0.2) is 6.07 Å². The molecule has 1 fully saturated rings. The summed E-state index contributed by atoms with van der Waals surface area (Å²) in [4.78, 5) is 11.3. The smallest absolute Gasteiger partial charge is 0.309 e. The second kappa shape index (κ2) is 10.8. The van der Waals surface area contributed by atoms with Crippen molar-refractivity contribution in [3.8, 4) is 0 Å². The molecule has 170 valence electrons. The fourth-order valence-electron chi connectivity index (χ4n) is 4.78. The Hall–Kier alpha value is -1.31. The molecule has 1 aromatic rings. The van der Waals surface area contributed by atoms with Crippen molar-refractivity contribution in [1.29, 1.82) is 0 Å². The Morgan fingerprint density at radius 3 is 2.10 bits per heavy atom. The van der Waals surface area contributed by atoms with E-state index in [1.807, 2.05) is 0 Å². The van der Waals surface area contributed by atoms with E-state index in [0.29, 0.717) is 5.41 Å². The molecular formula is C28H46O2. The van der Waals surface area contributed by atoms with Crippen molar-refractivity contribution in [2.24, 2.45) is 10.8 Å². The molecule has 1 aliphatic rings. The molecule has 0 aromatic heterocycles. The number of aliphatic carboxylic acids is 1. The summed E-state index contributed by atoms with van der Waals surface area (Å²) >= 11 is 0. The predicted octanol–water partition coefficient (Wildman–Crippen LogP) is 8.12. The van der Waals surface area contributed by atoms with Crippen molar-refractivity contribution in [2.45, 2.75) is 125 Å². The Morgan fingerprint density at radius 2 is 1.50 bits per heavy atom. The summed E-state index contributed by atoms with van der Waals surface area (Å²) in [6.07, 6.45) is 15.0. The molecular weight excluding hydrogens is 368 g/mol. The van der Waals surface area contributed by atoms with Gasteiger partial charge in [0.2, 0.25) is 0 Å². The third-order valence-electron chi connectivity index (χ3n) is 7.40. The Bertz CT molecular complexity index is 704. The topological polar surface area (TPSA) is 37.3 Å². The highest BCUT2D eigenvalue weighted by atomic mass is 16.4. The highest BCUT2D eigenvalue weighted by molar-refractivity contribution is 5.77. The van der Waals surface area contributed by atoms with Crippen LogP contribution in [-0.4, -0.2) is 11.1 Å². The quantitative estimate of drug-likeness (QED) is 0.331. The van der Waals surface area contributed by atoms with E-state index in [1.165, 1.54) is 61.6 Å². The van der Waals surface area contributed by atoms with Gasteiger partial charge in [0.15, 0.2) is 0 Å². The molecule has 0 atom stereocenters. The first-order valence-electron chi connectivity index (χ1n) is 12.4. The van der Waals surface area contributed by atoms with E-state index < -0.39 is 5.97 Å². The number of hydrogen-bond acceptors (Lipinski definition) is 1. The zero-order valence-electron chi connectivity index (χ0n) is 20.6. The molecule has 1 N–H and O–H groups in total. The third-order valence-corrected chi connectivity index (χ3v) is 7.40. The maximum absolute atomic E-state index is 11.3. The summed E-state index contributed by atoms with van der Waals surface area (Å²) in [6.45, 7) is 13.8. The van der Waals surface area contributed by atoms with Crippen molar-refractivity contribution in [2.75, 3.05) is 0 Å². The van der Waals surface area contributed by atoms with Crippen LogP contribution in [0.1, 0.15) is 119 Å². The Morgan fingerprint density at radius 1 is 0.900 bits per heavy atom. The highest BCUT2D eigenvalue weighted by Crippen LogP contribution is 2.50. The number of carbonyl (C=O) groups is 1. The summed E-state index contributed by atoms with van der Waals surface area (Å²) in [7, 11) is 0. The Labute approximate surface area is 185 Å². The summed E-state index contributed by atoms with van der Waals surface area (Å²) in [5, 5.41) is 9.34. The number of aryl methyl sites for hydroxylation is 2. The summed E-state index contributed by atoms with van der Waals surface area (Å²) in [5.41, 5.74) is 7.61. The first-order valence-corrected chi connectivity index (χ1v) is 12.4. The molecule has 0 radical (unpaired) electrons. The van der Waals surface area contributed by atoms with E-state index in [1.54, 1.807) is 11.1 Å². The number of carboxylic acid groups (broad SMARTS) is 1. The number of hydrogen-bond donors (Lipinski definition) is 1. The molecule has 2 rings (SSSR count). The lowest BCUT2D eigenvalue weighted by molar-refractivity contribution is -0.143. The fraction of sp³-hybridized carbons (Fsp3) is 0.750. The van der Waals surface area contributed by atoms with Gasteiger partial charge in [0.25, 0.3) is 0 Å². The van der Waals surface area contributed by atoms with Crippen molar-refractivity contribution in [1.82, 2.24) is 0 Å². The van der Waals surface area contributed by atoms with Gasteiger partial charge in [-0.05, 0) is 105 Å². The maximum atomic E-state index is 11.3. The molecule has 2 nitrogen and oxygen atoms in total. The van der Waals surface area contributed by atoms with Gasteiger partial charge in [-0.2, -0.15) is 0 Å². The van der Waals surface area contributed by atoms with Crippen LogP contribution in [0.25, 0.3) is 0 Å². The van der Waals surface area contributed by atoms with Crippen molar-refractivity contribution in [3.05, 3.63) is 33.9 Å². The second-order valence-electron chi connectivity index (χ2n) is 11.2. The zero-order valence-corrected chi connectivity index (χ0v) is 20.6. The first-order chi connectivity index (χ1) is 14.1. The highest BCUT2D eigenvalue weighted by Gasteiger charge is 2.49. The number of rotatable bonds is 13. The molecule has 0 spiro atoms. The van der Waals surface area contributed by atoms with Crippen LogP contribution < -0.4 is 0 Å². The van der Waals surface area contributed by atoms with E-state index in [-0.39, 0.29) is 5.41 Å². The Balaban J connectivity index is 1.83. The maximum Gasteiger partial charge on any atom is 0.309 e. The van der Waals surface area contributed by atoms with Crippen molar-refractivity contribution >= 4 is 5.97 Å². The molecule has 0 heterocycles. The fourth-order valence-corrected chi connectivity index (χ4v) is 4.78. The average Bonchev–Trinajstić information content (AvgIpc) is 3.45. The van der Waals surface area contributed by atoms with Crippen molar-refractivity contribution in [3.63, 3.8) is 0 Å². The minimum absolute atomic E-state index is 0.353. The lowest BCUT2D eigenvalue weighted by Crippen LogP contribution is -2.14. The monoisotopic (exact) mass is 414 g/mol. The summed E-state index contributed by atoms with van der Waals surface area (Å²) in [6, 6.07) is 2.44. The predicted molar refractivity (Wildman–Crippen MR) is 128 cm³/mol. The molecule has 0 amide bonds. The van der Waals surface area contributed by atoms with Crippen LogP contribution in [0.4, 0.5) is 0 Å². The van der Waals surface area contributed by atoms with E-state index in [0.717, 1.165) is 38.5 Å². The van der Waals surface area contributed by atoms with Crippen LogP contribution >= 0.6 is 0 Å². The zero-order chi connectivity index (χ0) is 22.4. The van der Waals surface area contributed by atoms with Gasteiger partial charge in [0.1, 0.15) is 0 Å². The number of benzene rings is 1. The molecule has 0 saturated heterocycles. The van der Waals surface area contributed by atoms with Gasteiger partial charge in [-0.3, -0.25) is 4.79 Å². The van der Waals surface area contributed by atoms with E-state index >= 15 is 0 Å². The van der Waals surface area contributed by atoms with Crippen LogP contribution in [0.3, 0.4) is 0 Å². The van der Waals surface area contributed by atoms with Crippen LogP contribution in [0.5, 0.6) is 0 Å². The van der Waals surface area contributed by atoms with E-state index in [9.17, 15) is 9.90 Å². The first kappa shape index (κ1) is 25.0. The molecule has 0 bridgehead atoms. The van der Waals surface area contributed by atoms with E-state index in [4.69, 9.17) is 0 Å². The van der Waals surface area contributed by atoms with Gasteiger partial charge in [-0.1, -0.05) is 58.9 Å². The summed E-state index contributed by atoms with van der Waals surface area (Å²) < 4.78 is 0. The largest absolute Gasteiger partial charge is 0.481 e. The van der Waals surface area contributed by atoms with Gasteiger partial charge in [-0.25, -0.2) is 0 Å². The third kappa shape index (κ3) is 7.43.